The number of amides is 1. The fraction of sp³-hybridized carbons (Fsp3) is 0.471. The molecule has 0 atom stereocenters. The van der Waals surface area contributed by atoms with E-state index in [1.807, 2.05) is 16.8 Å². The molecule has 2 aromatic rings. The Balaban J connectivity index is 1.45. The average Bonchev–Trinajstić information content (AvgIpc) is 3.11. The molecule has 25 heavy (non-hydrogen) atoms. The molecule has 1 aromatic heterocycles. The summed E-state index contributed by atoms with van der Waals surface area (Å²) >= 11 is 12.0. The lowest BCUT2D eigenvalue weighted by molar-refractivity contribution is 0.0948. The molecule has 8 heteroatoms. The van der Waals surface area contributed by atoms with E-state index in [9.17, 15) is 4.79 Å². The van der Waals surface area contributed by atoms with Crippen LogP contribution in [0.3, 0.4) is 0 Å². The first kappa shape index (κ1) is 18.2. The molecule has 0 unspecified atom stereocenters. The molecule has 0 saturated carbocycles. The van der Waals surface area contributed by atoms with Crippen LogP contribution in [0.5, 0.6) is 0 Å². The summed E-state index contributed by atoms with van der Waals surface area (Å²) in [5.41, 5.74) is 1.39. The molecule has 1 aromatic carbocycles. The van der Waals surface area contributed by atoms with Crippen LogP contribution in [-0.2, 0) is 6.42 Å². The van der Waals surface area contributed by atoms with Crippen molar-refractivity contribution in [2.24, 2.45) is 0 Å². The van der Waals surface area contributed by atoms with Gasteiger partial charge in [0.1, 0.15) is 0 Å². The fourth-order valence-electron chi connectivity index (χ4n) is 2.93. The SMILES string of the molecule is O=C(NCCCc1ccc(Cl)cc1Cl)c1cn(C2CCNCC2)nn1. The Bertz CT molecular complexity index is 728. The van der Waals surface area contributed by atoms with Crippen molar-refractivity contribution >= 4 is 29.1 Å². The number of carbonyl (C=O) groups excluding carboxylic acids is 1. The van der Waals surface area contributed by atoms with Crippen LogP contribution in [-0.4, -0.2) is 40.5 Å². The molecule has 1 amide bonds. The molecule has 6 nitrogen and oxygen atoms in total. The van der Waals surface area contributed by atoms with Crippen LogP contribution in [0.4, 0.5) is 0 Å². The standard InChI is InChI=1S/C17H21Cl2N5O/c18-13-4-3-12(15(19)10-13)2-1-7-21-17(25)16-11-24(23-22-16)14-5-8-20-9-6-14/h3-4,10-11,14,20H,1-2,5-9H2,(H,21,25). The quantitative estimate of drug-likeness (QED) is 0.754. The zero-order chi connectivity index (χ0) is 17.6. The number of halogens is 2. The van der Waals surface area contributed by atoms with Crippen molar-refractivity contribution < 1.29 is 4.79 Å². The minimum atomic E-state index is -0.192. The molecule has 0 aliphatic carbocycles. The van der Waals surface area contributed by atoms with Crippen molar-refractivity contribution in [1.29, 1.82) is 0 Å². The van der Waals surface area contributed by atoms with Crippen LogP contribution >= 0.6 is 23.2 Å². The van der Waals surface area contributed by atoms with E-state index in [1.165, 1.54) is 0 Å². The van der Waals surface area contributed by atoms with Crippen LogP contribution in [0.2, 0.25) is 10.0 Å². The van der Waals surface area contributed by atoms with Crippen LogP contribution in [0.15, 0.2) is 24.4 Å². The average molecular weight is 382 g/mol. The summed E-state index contributed by atoms with van der Waals surface area (Å²) in [6.45, 7) is 2.50. The lowest BCUT2D eigenvalue weighted by Crippen LogP contribution is -2.29. The molecular formula is C17H21Cl2N5O. The van der Waals surface area contributed by atoms with Gasteiger partial charge in [0.2, 0.25) is 0 Å². The van der Waals surface area contributed by atoms with Crippen LogP contribution in [0, 0.1) is 0 Å². The van der Waals surface area contributed by atoms with Crippen molar-refractivity contribution in [3.63, 3.8) is 0 Å². The van der Waals surface area contributed by atoms with Crippen molar-refractivity contribution in [1.82, 2.24) is 25.6 Å². The van der Waals surface area contributed by atoms with Crippen molar-refractivity contribution in [2.45, 2.75) is 31.7 Å². The number of benzene rings is 1. The monoisotopic (exact) mass is 381 g/mol. The molecule has 134 valence electrons. The van der Waals surface area contributed by atoms with Gasteiger partial charge in [-0.05, 0) is 56.5 Å². The molecule has 0 radical (unpaired) electrons. The first-order valence-corrected chi connectivity index (χ1v) is 9.24. The number of aromatic nitrogens is 3. The zero-order valence-electron chi connectivity index (χ0n) is 13.8. The Labute approximate surface area is 156 Å². The highest BCUT2D eigenvalue weighted by Gasteiger charge is 2.18. The number of nitrogens with one attached hydrogen (secondary N) is 2. The number of piperidine rings is 1. The van der Waals surface area contributed by atoms with Crippen LogP contribution in [0.1, 0.15) is 41.4 Å². The smallest absolute Gasteiger partial charge is 0.273 e. The van der Waals surface area contributed by atoms with E-state index in [0.717, 1.165) is 44.3 Å². The Morgan fingerprint density at radius 1 is 1.32 bits per heavy atom. The summed E-state index contributed by atoms with van der Waals surface area (Å²) in [5.74, 6) is -0.192. The second-order valence-corrected chi connectivity index (χ2v) is 7.00. The third-order valence-corrected chi connectivity index (χ3v) is 4.94. The van der Waals surface area contributed by atoms with Gasteiger partial charge in [-0.15, -0.1) is 5.10 Å². The molecule has 0 bridgehead atoms. The number of hydrogen-bond acceptors (Lipinski definition) is 4. The summed E-state index contributed by atoms with van der Waals surface area (Å²) in [6, 6.07) is 5.79. The summed E-state index contributed by atoms with van der Waals surface area (Å²) in [6.07, 6.45) is 5.31. The molecule has 1 aliphatic rings. The van der Waals surface area contributed by atoms with Gasteiger partial charge < -0.3 is 10.6 Å². The van der Waals surface area contributed by atoms with Crippen molar-refractivity contribution in [3.05, 3.63) is 45.7 Å². The second-order valence-electron chi connectivity index (χ2n) is 6.16. The van der Waals surface area contributed by atoms with E-state index in [0.29, 0.717) is 28.3 Å². The topological polar surface area (TPSA) is 71.8 Å². The van der Waals surface area contributed by atoms with Gasteiger partial charge in [0, 0.05) is 16.6 Å². The molecule has 0 spiro atoms. The zero-order valence-corrected chi connectivity index (χ0v) is 15.4. The number of rotatable bonds is 6. The van der Waals surface area contributed by atoms with Gasteiger partial charge in [-0.1, -0.05) is 34.5 Å². The maximum Gasteiger partial charge on any atom is 0.273 e. The maximum absolute atomic E-state index is 12.2. The maximum atomic E-state index is 12.2. The summed E-state index contributed by atoms with van der Waals surface area (Å²) in [5, 5.41) is 15.6. The molecule has 1 saturated heterocycles. The predicted octanol–water partition coefficient (Wildman–Crippen LogP) is 2.87. The predicted molar refractivity (Wildman–Crippen MR) is 98.3 cm³/mol. The van der Waals surface area contributed by atoms with Crippen LogP contribution in [0.25, 0.3) is 0 Å². The minimum absolute atomic E-state index is 0.192. The van der Waals surface area contributed by atoms with E-state index in [1.54, 1.807) is 12.3 Å². The third-order valence-electron chi connectivity index (χ3n) is 4.35. The Hall–Kier alpha value is -1.63. The molecule has 2 N–H and O–H groups in total. The number of hydrogen-bond donors (Lipinski definition) is 2. The Kier molecular flexibility index (Phi) is 6.29. The van der Waals surface area contributed by atoms with Gasteiger partial charge in [-0.25, -0.2) is 4.68 Å². The van der Waals surface area contributed by atoms with Crippen molar-refractivity contribution in [3.8, 4) is 0 Å². The highest BCUT2D eigenvalue weighted by Crippen LogP contribution is 2.22. The van der Waals surface area contributed by atoms with Crippen molar-refractivity contribution in [2.75, 3.05) is 19.6 Å². The van der Waals surface area contributed by atoms with E-state index < -0.39 is 0 Å². The lowest BCUT2D eigenvalue weighted by atomic mass is 10.1. The van der Waals surface area contributed by atoms with E-state index in [-0.39, 0.29) is 5.91 Å². The molecule has 2 heterocycles. The van der Waals surface area contributed by atoms with E-state index in [4.69, 9.17) is 23.2 Å². The molecule has 3 rings (SSSR count). The van der Waals surface area contributed by atoms with E-state index in [2.05, 4.69) is 20.9 Å². The van der Waals surface area contributed by atoms with Gasteiger partial charge in [0.05, 0.1) is 12.2 Å². The third kappa shape index (κ3) is 4.93. The van der Waals surface area contributed by atoms with E-state index >= 15 is 0 Å². The number of aryl methyl sites for hydroxylation is 1. The molecular weight excluding hydrogens is 361 g/mol. The highest BCUT2D eigenvalue weighted by molar-refractivity contribution is 6.35. The first-order valence-electron chi connectivity index (χ1n) is 8.48. The van der Waals surface area contributed by atoms with Crippen LogP contribution < -0.4 is 10.6 Å². The van der Waals surface area contributed by atoms with Gasteiger partial charge in [0.15, 0.2) is 5.69 Å². The molecule has 1 aliphatic heterocycles. The fourth-order valence-corrected chi connectivity index (χ4v) is 3.43. The van der Waals surface area contributed by atoms with Gasteiger partial charge in [0.25, 0.3) is 5.91 Å². The first-order chi connectivity index (χ1) is 12.1. The second kappa shape index (κ2) is 8.65. The normalized spacial score (nSPS) is 15.3. The largest absolute Gasteiger partial charge is 0.351 e. The Morgan fingerprint density at radius 3 is 2.88 bits per heavy atom. The lowest BCUT2D eigenvalue weighted by Gasteiger charge is -2.22. The number of nitrogens with zero attached hydrogens (tertiary/aromatic N) is 3. The number of carbonyl (C=O) groups is 1. The van der Waals surface area contributed by atoms with Gasteiger partial charge in [-0.3, -0.25) is 4.79 Å². The minimum Gasteiger partial charge on any atom is -0.351 e. The summed E-state index contributed by atoms with van der Waals surface area (Å²) < 4.78 is 1.81. The highest BCUT2D eigenvalue weighted by atomic mass is 35.5. The summed E-state index contributed by atoms with van der Waals surface area (Å²) in [7, 11) is 0. The summed E-state index contributed by atoms with van der Waals surface area (Å²) in [4.78, 5) is 12.2. The van der Waals surface area contributed by atoms with Gasteiger partial charge in [-0.2, -0.15) is 0 Å². The van der Waals surface area contributed by atoms with Gasteiger partial charge >= 0.3 is 0 Å². The molecule has 1 fully saturated rings. The Morgan fingerprint density at radius 2 is 2.12 bits per heavy atom.